The maximum absolute atomic E-state index is 11.9. The number of rotatable bonds is 7. The van der Waals surface area contributed by atoms with Gasteiger partial charge in [0.2, 0.25) is 0 Å². The van der Waals surface area contributed by atoms with Crippen LogP contribution in [0.25, 0.3) is 0 Å². The molecule has 2 aromatic heterocycles. The van der Waals surface area contributed by atoms with Crippen LogP contribution in [0.5, 0.6) is 0 Å². The largest absolute Gasteiger partial charge is 0.459 e. The van der Waals surface area contributed by atoms with E-state index in [0.717, 1.165) is 18.7 Å². The zero-order valence-corrected chi connectivity index (χ0v) is 12.9. The first-order chi connectivity index (χ1) is 11.2. The summed E-state index contributed by atoms with van der Waals surface area (Å²) >= 11 is 0. The van der Waals surface area contributed by atoms with Crippen molar-refractivity contribution in [1.29, 1.82) is 0 Å². The Morgan fingerprint density at radius 1 is 1.52 bits per heavy atom. The Hall–Kier alpha value is -2.19. The summed E-state index contributed by atoms with van der Waals surface area (Å²) in [6.07, 6.45) is 3.07. The summed E-state index contributed by atoms with van der Waals surface area (Å²) in [6, 6.07) is 3.43. The van der Waals surface area contributed by atoms with Gasteiger partial charge in [0, 0.05) is 25.6 Å². The minimum atomic E-state index is -0.199. The van der Waals surface area contributed by atoms with Crippen molar-refractivity contribution in [1.82, 2.24) is 20.1 Å². The highest BCUT2D eigenvalue weighted by Crippen LogP contribution is 2.36. The van der Waals surface area contributed by atoms with Crippen LogP contribution in [0.1, 0.15) is 41.0 Å². The highest BCUT2D eigenvalue weighted by molar-refractivity contribution is 5.91. The van der Waals surface area contributed by atoms with Crippen molar-refractivity contribution in [3.8, 4) is 0 Å². The molecule has 0 radical (unpaired) electrons. The van der Waals surface area contributed by atoms with Gasteiger partial charge in [-0.2, -0.15) is 0 Å². The molecule has 8 nitrogen and oxygen atoms in total. The first-order valence-corrected chi connectivity index (χ1v) is 7.59. The number of nitrogens with zero attached hydrogens (tertiary/aromatic N) is 3. The molecule has 1 amide bonds. The molecule has 1 aliphatic rings. The molecule has 2 N–H and O–H groups in total. The number of carbonyl (C=O) groups excluding carboxylic acids is 1. The van der Waals surface area contributed by atoms with Crippen molar-refractivity contribution in [2.24, 2.45) is 0 Å². The second-order valence-electron chi connectivity index (χ2n) is 5.59. The van der Waals surface area contributed by atoms with E-state index in [2.05, 4.69) is 15.5 Å². The van der Waals surface area contributed by atoms with E-state index in [4.69, 9.17) is 9.15 Å². The predicted molar refractivity (Wildman–Crippen MR) is 79.8 cm³/mol. The molecule has 2 heterocycles. The van der Waals surface area contributed by atoms with E-state index in [0.29, 0.717) is 24.7 Å². The van der Waals surface area contributed by atoms with Crippen LogP contribution in [-0.4, -0.2) is 45.5 Å². The van der Waals surface area contributed by atoms with E-state index in [1.165, 1.54) is 6.26 Å². The molecule has 0 saturated heterocycles. The predicted octanol–water partition coefficient (Wildman–Crippen LogP) is 0.686. The molecule has 2 aromatic rings. The molecule has 0 bridgehead atoms. The highest BCUT2D eigenvalue weighted by atomic mass is 16.5. The quantitative estimate of drug-likeness (QED) is 0.778. The first kappa shape index (κ1) is 15.7. The van der Waals surface area contributed by atoms with Crippen molar-refractivity contribution in [2.45, 2.75) is 38.0 Å². The van der Waals surface area contributed by atoms with Crippen molar-refractivity contribution in [3.05, 3.63) is 35.8 Å². The number of methoxy groups -OCH3 is 1. The third-order valence-electron chi connectivity index (χ3n) is 4.10. The van der Waals surface area contributed by atoms with Crippen molar-refractivity contribution in [3.63, 3.8) is 0 Å². The van der Waals surface area contributed by atoms with E-state index in [9.17, 15) is 9.90 Å². The summed E-state index contributed by atoms with van der Waals surface area (Å²) in [5.74, 6) is 1.73. The van der Waals surface area contributed by atoms with Gasteiger partial charge in [-0.25, -0.2) is 0 Å². The normalized spacial score (nSPS) is 20.3. The molecule has 0 aliphatic heterocycles. The lowest BCUT2D eigenvalue weighted by Gasteiger charge is -2.35. The van der Waals surface area contributed by atoms with Gasteiger partial charge in [0.1, 0.15) is 12.4 Å². The summed E-state index contributed by atoms with van der Waals surface area (Å²) in [5.41, 5.74) is 0. The molecule has 1 aliphatic carbocycles. The van der Waals surface area contributed by atoms with Gasteiger partial charge in [0.15, 0.2) is 11.6 Å². The molecular formula is C15H20N4O4. The van der Waals surface area contributed by atoms with Gasteiger partial charge in [-0.1, -0.05) is 0 Å². The van der Waals surface area contributed by atoms with Crippen LogP contribution >= 0.6 is 0 Å². The third kappa shape index (κ3) is 3.27. The Kier molecular flexibility index (Phi) is 4.73. The van der Waals surface area contributed by atoms with Crippen LogP contribution in [-0.2, 0) is 17.9 Å². The average molecular weight is 320 g/mol. The number of aromatic nitrogens is 3. The number of hydrogen-bond donors (Lipinski definition) is 2. The minimum absolute atomic E-state index is 0.0998. The molecule has 0 unspecified atom stereocenters. The summed E-state index contributed by atoms with van der Waals surface area (Å²) in [4.78, 5) is 11.9. The molecule has 1 fully saturated rings. The Morgan fingerprint density at radius 2 is 2.35 bits per heavy atom. The van der Waals surface area contributed by atoms with Crippen LogP contribution in [0.4, 0.5) is 0 Å². The van der Waals surface area contributed by atoms with Gasteiger partial charge in [-0.3, -0.25) is 4.79 Å². The Labute approximate surface area is 133 Å². The van der Waals surface area contributed by atoms with Gasteiger partial charge in [-0.15, -0.1) is 10.2 Å². The Bertz CT molecular complexity index is 646. The number of carbonyl (C=O) groups is 1. The van der Waals surface area contributed by atoms with Crippen LogP contribution in [0.15, 0.2) is 22.8 Å². The second kappa shape index (κ2) is 6.93. The van der Waals surface area contributed by atoms with Crippen molar-refractivity contribution < 1.29 is 19.1 Å². The third-order valence-corrected chi connectivity index (χ3v) is 4.10. The standard InChI is InChI=1S/C15H20N4O4/c1-22-6-4-19-13(9-20)17-18-14(19)10-7-11(8-10)16-15(21)12-3-2-5-23-12/h2-3,5,10-11,20H,4,6-9H2,1H3,(H,16,21). The van der Waals surface area contributed by atoms with Gasteiger partial charge in [0.25, 0.3) is 5.91 Å². The van der Waals surface area contributed by atoms with Crippen LogP contribution in [0.2, 0.25) is 0 Å². The fraction of sp³-hybridized carbons (Fsp3) is 0.533. The lowest BCUT2D eigenvalue weighted by Crippen LogP contribution is -2.44. The molecule has 0 spiro atoms. The molecular weight excluding hydrogens is 300 g/mol. The number of furan rings is 1. The number of nitrogens with one attached hydrogen (secondary N) is 1. The average Bonchev–Trinajstić information content (AvgIpc) is 3.17. The fourth-order valence-corrected chi connectivity index (χ4v) is 2.81. The lowest BCUT2D eigenvalue weighted by molar-refractivity contribution is 0.0878. The van der Waals surface area contributed by atoms with E-state index in [1.807, 2.05) is 4.57 Å². The molecule has 0 aromatic carbocycles. The Morgan fingerprint density at radius 3 is 3.00 bits per heavy atom. The van der Waals surface area contributed by atoms with Gasteiger partial charge >= 0.3 is 0 Å². The highest BCUT2D eigenvalue weighted by Gasteiger charge is 2.35. The zero-order valence-electron chi connectivity index (χ0n) is 12.9. The topological polar surface area (TPSA) is 102 Å². The number of ether oxygens (including phenoxy) is 1. The van der Waals surface area contributed by atoms with E-state index >= 15 is 0 Å². The minimum Gasteiger partial charge on any atom is -0.459 e. The monoisotopic (exact) mass is 320 g/mol. The van der Waals surface area contributed by atoms with Crippen LogP contribution in [0, 0.1) is 0 Å². The van der Waals surface area contributed by atoms with Crippen molar-refractivity contribution in [2.75, 3.05) is 13.7 Å². The van der Waals surface area contributed by atoms with E-state index in [1.54, 1.807) is 19.2 Å². The summed E-state index contributed by atoms with van der Waals surface area (Å²) < 4.78 is 12.1. The maximum atomic E-state index is 11.9. The SMILES string of the molecule is COCCn1c(CO)nnc1C1CC(NC(=O)c2ccco2)C1. The molecule has 124 valence electrons. The summed E-state index contributed by atoms with van der Waals surface area (Å²) in [7, 11) is 1.63. The van der Waals surface area contributed by atoms with Crippen LogP contribution in [0.3, 0.4) is 0 Å². The molecule has 0 atom stereocenters. The number of amides is 1. The molecule has 1 saturated carbocycles. The Balaban J connectivity index is 1.58. The van der Waals surface area contributed by atoms with E-state index in [-0.39, 0.29) is 24.5 Å². The molecule has 23 heavy (non-hydrogen) atoms. The van der Waals surface area contributed by atoms with Gasteiger partial charge in [-0.05, 0) is 25.0 Å². The molecule has 3 rings (SSSR count). The second-order valence-corrected chi connectivity index (χ2v) is 5.59. The van der Waals surface area contributed by atoms with Crippen LogP contribution < -0.4 is 5.32 Å². The zero-order chi connectivity index (χ0) is 16.2. The maximum Gasteiger partial charge on any atom is 0.287 e. The summed E-state index contributed by atoms with van der Waals surface area (Å²) in [6.45, 7) is 0.986. The fourth-order valence-electron chi connectivity index (χ4n) is 2.81. The smallest absolute Gasteiger partial charge is 0.287 e. The van der Waals surface area contributed by atoms with E-state index < -0.39 is 0 Å². The first-order valence-electron chi connectivity index (χ1n) is 7.59. The number of aliphatic hydroxyl groups is 1. The van der Waals surface area contributed by atoms with Gasteiger partial charge in [0.05, 0.1) is 12.9 Å². The van der Waals surface area contributed by atoms with Gasteiger partial charge < -0.3 is 24.1 Å². The number of aliphatic hydroxyl groups excluding tert-OH is 1. The number of hydrogen-bond acceptors (Lipinski definition) is 6. The van der Waals surface area contributed by atoms with Crippen molar-refractivity contribution >= 4 is 5.91 Å². The lowest BCUT2D eigenvalue weighted by atomic mass is 9.79. The molecule has 8 heteroatoms. The summed E-state index contributed by atoms with van der Waals surface area (Å²) in [5, 5.41) is 20.5.